The number of hydrogen-bond donors (Lipinski definition) is 0. The lowest BCUT2D eigenvalue weighted by molar-refractivity contribution is -0.129. The molecule has 2 heterocycles. The van der Waals surface area contributed by atoms with Crippen molar-refractivity contribution in [2.24, 2.45) is 4.99 Å². The van der Waals surface area contributed by atoms with Gasteiger partial charge in [-0.25, -0.2) is 9.79 Å². The number of ether oxygens (including phenoxy) is 2. The lowest BCUT2D eigenvalue weighted by Crippen LogP contribution is -2.05. The number of nitrogens with zero attached hydrogens (tertiary/aromatic N) is 1. The topological polar surface area (TPSA) is 47.9 Å². The van der Waals surface area contributed by atoms with Gasteiger partial charge >= 0.3 is 5.97 Å². The van der Waals surface area contributed by atoms with Gasteiger partial charge in [0.1, 0.15) is 11.5 Å². The molecule has 0 aliphatic carbocycles. The number of para-hydroxylation sites is 1. The van der Waals surface area contributed by atoms with Crippen LogP contribution in [0.25, 0.3) is 6.08 Å². The summed E-state index contributed by atoms with van der Waals surface area (Å²) in [5.74, 6) is 1.34. The van der Waals surface area contributed by atoms with Crippen LogP contribution in [0, 0.1) is 0 Å². The first-order valence-corrected chi connectivity index (χ1v) is 8.55. The zero-order chi connectivity index (χ0) is 17.1. The van der Waals surface area contributed by atoms with Crippen molar-refractivity contribution >= 4 is 29.3 Å². The number of hydrogen-bond acceptors (Lipinski definition) is 5. The van der Waals surface area contributed by atoms with Gasteiger partial charge in [-0.1, -0.05) is 24.3 Å². The first kappa shape index (κ1) is 15.4. The van der Waals surface area contributed by atoms with Gasteiger partial charge in [0.2, 0.25) is 5.90 Å². The second-order valence-electron chi connectivity index (χ2n) is 5.29. The highest BCUT2D eigenvalue weighted by Crippen LogP contribution is 2.24. The van der Waals surface area contributed by atoms with Gasteiger partial charge in [-0.15, -0.1) is 11.3 Å². The number of carbonyl (C=O) groups is 1. The van der Waals surface area contributed by atoms with Crippen LogP contribution < -0.4 is 4.74 Å². The van der Waals surface area contributed by atoms with Gasteiger partial charge < -0.3 is 9.47 Å². The molecule has 0 saturated heterocycles. The van der Waals surface area contributed by atoms with Crippen molar-refractivity contribution in [1.29, 1.82) is 0 Å². The molecule has 4 rings (SSSR count). The maximum Gasteiger partial charge on any atom is 0.363 e. The monoisotopic (exact) mass is 347 g/mol. The minimum Gasteiger partial charge on any atom is -0.457 e. The molecule has 122 valence electrons. The Bertz CT molecular complexity index is 942. The van der Waals surface area contributed by atoms with Crippen LogP contribution in [0.4, 0.5) is 0 Å². The molecular weight excluding hydrogens is 334 g/mol. The van der Waals surface area contributed by atoms with Crippen molar-refractivity contribution in [2.45, 2.75) is 0 Å². The highest BCUT2D eigenvalue weighted by molar-refractivity contribution is 7.10. The largest absolute Gasteiger partial charge is 0.457 e. The van der Waals surface area contributed by atoms with E-state index < -0.39 is 5.97 Å². The van der Waals surface area contributed by atoms with E-state index in [1.54, 1.807) is 17.4 Å². The first-order chi connectivity index (χ1) is 12.3. The van der Waals surface area contributed by atoms with Crippen LogP contribution in [0.15, 0.2) is 82.8 Å². The van der Waals surface area contributed by atoms with Gasteiger partial charge in [0.05, 0.1) is 0 Å². The minimum atomic E-state index is -0.437. The summed E-state index contributed by atoms with van der Waals surface area (Å²) in [6.07, 6.45) is 1.73. The number of esters is 1. The van der Waals surface area contributed by atoms with Gasteiger partial charge in [0.15, 0.2) is 5.70 Å². The number of thiophene rings is 1. The molecule has 4 nitrogen and oxygen atoms in total. The number of cyclic esters (lactones) is 1. The van der Waals surface area contributed by atoms with Gasteiger partial charge in [0.25, 0.3) is 0 Å². The summed E-state index contributed by atoms with van der Waals surface area (Å²) in [6.45, 7) is 0. The van der Waals surface area contributed by atoms with Crippen molar-refractivity contribution in [3.63, 3.8) is 0 Å². The predicted octanol–water partition coefficient (Wildman–Crippen LogP) is 4.88. The standard InChI is InChI=1S/C20H13NO3S/c22-20-18(13-17-7-4-12-25-17)21-19(24-20)14-8-10-16(11-9-14)23-15-5-2-1-3-6-15/h1-13H. The molecule has 25 heavy (non-hydrogen) atoms. The van der Waals surface area contributed by atoms with Crippen molar-refractivity contribution < 1.29 is 14.3 Å². The average molecular weight is 347 g/mol. The SMILES string of the molecule is O=C1OC(c2ccc(Oc3ccccc3)cc2)=NC1=Cc1cccs1. The maximum absolute atomic E-state index is 12.0. The van der Waals surface area contributed by atoms with E-state index in [1.165, 1.54) is 0 Å². The molecule has 0 saturated carbocycles. The van der Waals surface area contributed by atoms with Crippen LogP contribution in [0.2, 0.25) is 0 Å². The van der Waals surface area contributed by atoms with Crippen LogP contribution in [0.1, 0.15) is 10.4 Å². The predicted molar refractivity (Wildman–Crippen MR) is 97.9 cm³/mol. The second-order valence-corrected chi connectivity index (χ2v) is 6.27. The molecule has 2 aromatic carbocycles. The third-order valence-corrected chi connectivity index (χ3v) is 4.34. The molecule has 0 atom stereocenters. The number of carbonyl (C=O) groups excluding carboxylic acids is 1. The second kappa shape index (κ2) is 6.75. The van der Waals surface area contributed by atoms with E-state index in [-0.39, 0.29) is 0 Å². The van der Waals surface area contributed by atoms with E-state index in [2.05, 4.69) is 4.99 Å². The summed E-state index contributed by atoms with van der Waals surface area (Å²) in [5, 5.41) is 1.95. The summed E-state index contributed by atoms with van der Waals surface area (Å²) in [7, 11) is 0. The molecule has 1 aromatic heterocycles. The van der Waals surface area contributed by atoms with E-state index in [9.17, 15) is 4.79 Å². The quantitative estimate of drug-likeness (QED) is 0.499. The van der Waals surface area contributed by atoms with E-state index in [0.717, 1.165) is 16.2 Å². The van der Waals surface area contributed by atoms with Crippen molar-refractivity contribution in [3.8, 4) is 11.5 Å². The fourth-order valence-corrected chi connectivity index (χ4v) is 2.98. The Labute approximate surface area is 148 Å². The Morgan fingerprint density at radius 3 is 2.40 bits per heavy atom. The highest BCUT2D eigenvalue weighted by atomic mass is 32.1. The van der Waals surface area contributed by atoms with E-state index in [4.69, 9.17) is 9.47 Å². The zero-order valence-electron chi connectivity index (χ0n) is 13.1. The smallest absolute Gasteiger partial charge is 0.363 e. The van der Waals surface area contributed by atoms with Crippen molar-refractivity contribution in [1.82, 2.24) is 0 Å². The van der Waals surface area contributed by atoms with Gasteiger partial charge in [-0.05, 0) is 53.9 Å². The molecule has 1 aliphatic heterocycles. The first-order valence-electron chi connectivity index (χ1n) is 7.67. The van der Waals surface area contributed by atoms with Gasteiger partial charge in [0, 0.05) is 10.4 Å². The Balaban J connectivity index is 1.53. The normalized spacial score (nSPS) is 15.1. The summed E-state index contributed by atoms with van der Waals surface area (Å²) in [6, 6.07) is 20.7. The van der Waals surface area contributed by atoms with Crippen LogP contribution in [-0.2, 0) is 9.53 Å². The van der Waals surface area contributed by atoms with Crippen LogP contribution in [0.3, 0.4) is 0 Å². The third kappa shape index (κ3) is 3.51. The van der Waals surface area contributed by atoms with Crippen LogP contribution in [-0.4, -0.2) is 11.9 Å². The molecule has 0 bridgehead atoms. The molecule has 0 unspecified atom stereocenters. The van der Waals surface area contributed by atoms with Crippen LogP contribution in [0.5, 0.6) is 11.5 Å². The molecule has 3 aromatic rings. The van der Waals surface area contributed by atoms with Gasteiger partial charge in [-0.2, -0.15) is 0 Å². The number of aliphatic imine (C=N–C) groups is 1. The Morgan fingerprint density at radius 1 is 0.920 bits per heavy atom. The Kier molecular flexibility index (Phi) is 4.14. The lowest BCUT2D eigenvalue weighted by atomic mass is 10.2. The minimum absolute atomic E-state index is 0.305. The van der Waals surface area contributed by atoms with E-state index in [0.29, 0.717) is 17.3 Å². The summed E-state index contributed by atoms with van der Waals surface area (Å²) < 4.78 is 11.0. The molecule has 0 amide bonds. The average Bonchev–Trinajstić information content (AvgIpc) is 3.27. The molecule has 1 aliphatic rings. The van der Waals surface area contributed by atoms with E-state index >= 15 is 0 Å². The highest BCUT2D eigenvalue weighted by Gasteiger charge is 2.24. The summed E-state index contributed by atoms with van der Waals surface area (Å²) in [5.41, 5.74) is 1.03. The van der Waals surface area contributed by atoms with Crippen molar-refractivity contribution in [3.05, 3.63) is 88.2 Å². The maximum atomic E-state index is 12.0. The third-order valence-electron chi connectivity index (χ3n) is 3.52. The Hall–Kier alpha value is -3.18. The lowest BCUT2D eigenvalue weighted by Gasteiger charge is -2.06. The fourth-order valence-electron chi connectivity index (χ4n) is 2.33. The summed E-state index contributed by atoms with van der Waals surface area (Å²) >= 11 is 1.54. The zero-order valence-corrected chi connectivity index (χ0v) is 13.9. The molecule has 0 fully saturated rings. The summed E-state index contributed by atoms with van der Waals surface area (Å²) in [4.78, 5) is 17.2. The molecule has 0 radical (unpaired) electrons. The van der Waals surface area contributed by atoms with Crippen LogP contribution >= 0.6 is 11.3 Å². The Morgan fingerprint density at radius 2 is 1.68 bits per heavy atom. The fraction of sp³-hybridized carbons (Fsp3) is 0. The molecule has 5 heteroatoms. The molecule has 0 spiro atoms. The van der Waals surface area contributed by atoms with E-state index in [1.807, 2.05) is 72.1 Å². The van der Waals surface area contributed by atoms with Gasteiger partial charge in [-0.3, -0.25) is 0 Å². The van der Waals surface area contributed by atoms with Crippen molar-refractivity contribution in [2.75, 3.05) is 0 Å². The molecular formula is C20H13NO3S. The number of benzene rings is 2. The molecule has 0 N–H and O–H groups in total. The number of rotatable bonds is 4.